The molecule has 1 unspecified atom stereocenters. The fourth-order valence-electron chi connectivity index (χ4n) is 5.08. The third-order valence-corrected chi connectivity index (χ3v) is 9.55. The van der Waals surface area contributed by atoms with E-state index in [9.17, 15) is 12.8 Å². The summed E-state index contributed by atoms with van der Waals surface area (Å²) in [6.07, 6.45) is 3.07. The number of aromatic nitrogens is 2. The van der Waals surface area contributed by atoms with Gasteiger partial charge in [-0.2, -0.15) is 4.39 Å². The lowest BCUT2D eigenvalue weighted by Crippen LogP contribution is -2.40. The molecule has 220 valence electrons. The van der Waals surface area contributed by atoms with Crippen molar-refractivity contribution in [1.82, 2.24) is 14.9 Å². The maximum Gasteiger partial charge on any atom is 0.267 e. The number of halogens is 2. The van der Waals surface area contributed by atoms with Crippen LogP contribution < -0.4 is 14.4 Å². The first kappa shape index (κ1) is 29.8. The second-order valence-electron chi connectivity index (χ2n) is 10.2. The lowest BCUT2D eigenvalue weighted by Gasteiger charge is -2.36. The van der Waals surface area contributed by atoms with E-state index in [0.29, 0.717) is 23.2 Å². The molecule has 0 amide bonds. The minimum atomic E-state index is -4.21. The average Bonchev–Trinajstić information content (AvgIpc) is 3.01. The quantitative estimate of drug-likeness (QED) is 0.211. The number of likely N-dealkylation sites (tertiary alicyclic amines) is 1. The van der Waals surface area contributed by atoms with Crippen LogP contribution in [0.4, 0.5) is 16.0 Å². The van der Waals surface area contributed by atoms with Crippen molar-refractivity contribution < 1.29 is 17.5 Å². The average molecular weight is 610 g/mol. The Hall–Kier alpha value is -3.73. The molecule has 1 aliphatic rings. The molecule has 5 rings (SSSR count). The topological polar surface area (TPSA) is 87.7 Å². The number of sulfonamides is 1. The van der Waals surface area contributed by atoms with Gasteiger partial charge >= 0.3 is 0 Å². The molecular formula is C31H33ClFN5O3S. The molecule has 3 heterocycles. The summed E-state index contributed by atoms with van der Waals surface area (Å²) in [4.78, 5) is 10.6. The van der Waals surface area contributed by atoms with Gasteiger partial charge in [0.15, 0.2) is 0 Å². The van der Waals surface area contributed by atoms with Crippen molar-refractivity contribution >= 4 is 33.3 Å². The van der Waals surface area contributed by atoms with Gasteiger partial charge in [0, 0.05) is 31.4 Å². The summed E-state index contributed by atoms with van der Waals surface area (Å²) in [5.41, 5.74) is 1.95. The lowest BCUT2D eigenvalue weighted by atomic mass is 10.00. The molecule has 11 heteroatoms. The first-order valence-electron chi connectivity index (χ1n) is 13.7. The highest BCUT2D eigenvalue weighted by molar-refractivity contribution is 7.92. The van der Waals surface area contributed by atoms with Crippen molar-refractivity contribution in [2.75, 3.05) is 29.8 Å². The summed E-state index contributed by atoms with van der Waals surface area (Å²) in [5, 5.41) is 3.58. The summed E-state index contributed by atoms with van der Waals surface area (Å²) in [6, 6.07) is 23.3. The Morgan fingerprint density at radius 2 is 1.79 bits per heavy atom. The molecule has 1 atom stereocenters. The van der Waals surface area contributed by atoms with Crippen LogP contribution in [0.2, 0.25) is 5.02 Å². The van der Waals surface area contributed by atoms with Crippen molar-refractivity contribution in [2.24, 2.45) is 0 Å². The highest BCUT2D eigenvalue weighted by Gasteiger charge is 2.29. The molecule has 1 N–H and O–H groups in total. The number of pyridine rings is 2. The van der Waals surface area contributed by atoms with E-state index in [4.69, 9.17) is 16.3 Å². The molecule has 4 aromatic rings. The lowest BCUT2D eigenvalue weighted by molar-refractivity contribution is 0.167. The van der Waals surface area contributed by atoms with Gasteiger partial charge in [0.2, 0.25) is 5.95 Å². The summed E-state index contributed by atoms with van der Waals surface area (Å²) in [7, 11) is -2.66. The van der Waals surface area contributed by atoms with Crippen molar-refractivity contribution in [3.05, 3.63) is 107 Å². The van der Waals surface area contributed by atoms with Crippen LogP contribution in [0.5, 0.6) is 5.75 Å². The van der Waals surface area contributed by atoms with Gasteiger partial charge in [0.05, 0.1) is 18.7 Å². The Morgan fingerprint density at radius 1 is 1.07 bits per heavy atom. The number of anilines is 2. The predicted molar refractivity (Wildman–Crippen MR) is 163 cm³/mol. The van der Waals surface area contributed by atoms with Gasteiger partial charge in [-0.25, -0.2) is 22.7 Å². The number of ether oxygens (including phenoxy) is 1. The fraction of sp³-hybridized carbons (Fsp3) is 0.290. The van der Waals surface area contributed by atoms with Crippen LogP contribution in [0.25, 0.3) is 0 Å². The van der Waals surface area contributed by atoms with Crippen molar-refractivity contribution in [1.29, 1.82) is 0 Å². The third-order valence-electron chi connectivity index (χ3n) is 7.55. The monoisotopic (exact) mass is 609 g/mol. The van der Waals surface area contributed by atoms with Gasteiger partial charge in [-0.05, 0) is 61.2 Å². The van der Waals surface area contributed by atoms with Crippen molar-refractivity contribution in [3.8, 4) is 5.75 Å². The molecule has 2 aromatic heterocycles. The SMILES string of the molecule is COc1ccc(CN(c2cccc(F)n2)S(=O)(=O)c2cnc(NC3CCN(C(C)c4ccccc4)CC3)c(Cl)c2)cc1. The number of hydrogen-bond acceptors (Lipinski definition) is 7. The van der Waals surface area contributed by atoms with E-state index in [2.05, 4.69) is 51.4 Å². The molecule has 1 saturated heterocycles. The number of methoxy groups -OCH3 is 1. The first-order valence-corrected chi connectivity index (χ1v) is 15.6. The standard InChI is InChI=1S/C31H33ClFN5O3S/c1-22(24-7-4-3-5-8-24)37-17-15-25(16-18-37)35-31-28(32)19-27(20-34-31)42(39,40)38(30-10-6-9-29(33)36-30)21-23-11-13-26(41-2)14-12-23/h3-14,19-20,22,25H,15-18,21H2,1-2H3,(H,34,35). The van der Waals surface area contributed by atoms with Crippen LogP contribution in [0, 0.1) is 5.95 Å². The number of hydrogen-bond donors (Lipinski definition) is 1. The molecule has 0 spiro atoms. The molecular weight excluding hydrogens is 577 g/mol. The Labute approximate surface area is 251 Å². The van der Waals surface area contributed by atoms with Gasteiger partial charge in [-0.15, -0.1) is 0 Å². The largest absolute Gasteiger partial charge is 0.497 e. The zero-order valence-corrected chi connectivity index (χ0v) is 25.0. The number of nitrogens with zero attached hydrogens (tertiary/aromatic N) is 4. The summed E-state index contributed by atoms with van der Waals surface area (Å²) < 4.78 is 48.0. The Morgan fingerprint density at radius 3 is 2.43 bits per heavy atom. The van der Waals surface area contributed by atoms with E-state index in [0.717, 1.165) is 36.3 Å². The highest BCUT2D eigenvalue weighted by atomic mass is 35.5. The maximum absolute atomic E-state index is 14.1. The summed E-state index contributed by atoms with van der Waals surface area (Å²) in [5.74, 6) is 0.214. The van der Waals surface area contributed by atoms with E-state index >= 15 is 0 Å². The first-order chi connectivity index (χ1) is 20.2. The Bertz CT molecular complexity index is 1600. The summed E-state index contributed by atoms with van der Waals surface area (Å²) >= 11 is 6.58. The van der Waals surface area contributed by atoms with Gasteiger partial charge in [-0.1, -0.05) is 60.1 Å². The number of benzene rings is 2. The number of nitrogens with one attached hydrogen (secondary N) is 1. The van der Waals surface area contributed by atoms with Crippen LogP contribution in [0.3, 0.4) is 0 Å². The van der Waals surface area contributed by atoms with Gasteiger partial charge in [0.25, 0.3) is 10.0 Å². The van der Waals surface area contributed by atoms with Crippen LogP contribution in [0.15, 0.2) is 90.0 Å². The minimum absolute atomic E-state index is 0.0550. The van der Waals surface area contributed by atoms with E-state index < -0.39 is 16.0 Å². The zero-order valence-electron chi connectivity index (χ0n) is 23.5. The number of piperidine rings is 1. The predicted octanol–water partition coefficient (Wildman–Crippen LogP) is 6.31. The minimum Gasteiger partial charge on any atom is -0.497 e. The second-order valence-corrected chi connectivity index (χ2v) is 12.5. The molecule has 2 aromatic carbocycles. The van der Waals surface area contributed by atoms with Gasteiger partial charge in [0.1, 0.15) is 22.3 Å². The molecule has 1 fully saturated rings. The molecule has 0 aliphatic carbocycles. The molecule has 42 heavy (non-hydrogen) atoms. The van der Waals surface area contributed by atoms with Crippen molar-refractivity contribution in [2.45, 2.75) is 43.3 Å². The van der Waals surface area contributed by atoms with E-state index in [1.54, 1.807) is 31.4 Å². The van der Waals surface area contributed by atoms with Gasteiger partial charge < -0.3 is 10.1 Å². The van der Waals surface area contributed by atoms with Crippen molar-refractivity contribution in [3.63, 3.8) is 0 Å². The summed E-state index contributed by atoms with van der Waals surface area (Å²) in [6.45, 7) is 3.97. The Kier molecular flexibility index (Phi) is 9.25. The maximum atomic E-state index is 14.1. The third kappa shape index (κ3) is 6.83. The number of rotatable bonds is 10. The fourth-order valence-corrected chi connectivity index (χ4v) is 6.74. The van der Waals surface area contributed by atoms with Crippen LogP contribution in [-0.4, -0.2) is 49.5 Å². The van der Waals surface area contributed by atoms with E-state index in [1.165, 1.54) is 30.0 Å². The molecule has 1 aliphatic heterocycles. The molecule has 8 nitrogen and oxygen atoms in total. The van der Waals surface area contributed by atoms with Crippen LogP contribution >= 0.6 is 11.6 Å². The van der Waals surface area contributed by atoms with E-state index in [1.807, 2.05) is 6.07 Å². The molecule has 0 radical (unpaired) electrons. The molecule has 0 bridgehead atoms. The van der Waals surface area contributed by atoms with Crippen LogP contribution in [-0.2, 0) is 16.6 Å². The normalized spacial score (nSPS) is 15.2. The molecule has 0 saturated carbocycles. The Balaban J connectivity index is 1.31. The zero-order chi connectivity index (χ0) is 29.7. The smallest absolute Gasteiger partial charge is 0.267 e. The van der Waals surface area contributed by atoms with Gasteiger partial charge in [-0.3, -0.25) is 4.90 Å². The van der Waals surface area contributed by atoms with E-state index in [-0.39, 0.29) is 28.3 Å². The highest BCUT2D eigenvalue weighted by Crippen LogP contribution is 2.31. The second kappa shape index (κ2) is 13.1. The van der Waals surface area contributed by atoms with Crippen LogP contribution in [0.1, 0.15) is 36.9 Å².